The first-order chi connectivity index (χ1) is 11.6. The number of aryl methyl sites for hydroxylation is 2. The molecule has 2 aromatic rings. The largest absolute Gasteiger partial charge is 0.381 e. The summed E-state index contributed by atoms with van der Waals surface area (Å²) in [6.45, 7) is 8.54. The smallest absolute Gasteiger partial charge is 0.260 e. The first kappa shape index (κ1) is 17.1. The number of thiazole rings is 1. The molecule has 1 aliphatic rings. The molecule has 3 heterocycles. The number of hydrogen-bond acceptors (Lipinski definition) is 5. The van der Waals surface area contributed by atoms with E-state index < -0.39 is 0 Å². The van der Waals surface area contributed by atoms with Gasteiger partial charge in [-0.05, 0) is 39.0 Å². The van der Waals surface area contributed by atoms with Crippen LogP contribution >= 0.6 is 11.3 Å². The predicted molar refractivity (Wildman–Crippen MR) is 94.7 cm³/mol. The van der Waals surface area contributed by atoms with Crippen LogP contribution in [-0.4, -0.2) is 33.9 Å². The highest BCUT2D eigenvalue weighted by molar-refractivity contribution is 7.15. The Balaban J connectivity index is 1.68. The van der Waals surface area contributed by atoms with Crippen LogP contribution in [0.4, 0.5) is 5.13 Å². The first-order valence-corrected chi connectivity index (χ1v) is 9.28. The molecule has 1 saturated heterocycles. The summed E-state index contributed by atoms with van der Waals surface area (Å²) in [5.41, 5.74) is 2.57. The van der Waals surface area contributed by atoms with Gasteiger partial charge in [0.05, 0.1) is 17.5 Å². The van der Waals surface area contributed by atoms with E-state index >= 15 is 0 Å². The standard InChI is InChI=1S/C17H24N4O2S/c1-4-15-12(3)24-17(19-15)20-16(22)14-9-18-21(11(14)2)10-13-5-7-23-8-6-13/h9,13H,4-8,10H2,1-3H3,(H,19,20,22). The number of ether oxygens (including phenoxy) is 1. The lowest BCUT2D eigenvalue weighted by Crippen LogP contribution is -2.21. The van der Waals surface area contributed by atoms with Crippen LogP contribution in [0.15, 0.2) is 6.20 Å². The summed E-state index contributed by atoms with van der Waals surface area (Å²) in [4.78, 5) is 18.2. The Morgan fingerprint density at radius 3 is 2.83 bits per heavy atom. The minimum absolute atomic E-state index is 0.137. The van der Waals surface area contributed by atoms with Crippen molar-refractivity contribution in [1.29, 1.82) is 0 Å². The van der Waals surface area contributed by atoms with Crippen molar-refractivity contribution in [3.63, 3.8) is 0 Å². The van der Waals surface area contributed by atoms with Crippen molar-refractivity contribution < 1.29 is 9.53 Å². The van der Waals surface area contributed by atoms with E-state index in [0.717, 1.165) is 55.3 Å². The highest BCUT2D eigenvalue weighted by atomic mass is 32.1. The number of amides is 1. The van der Waals surface area contributed by atoms with Gasteiger partial charge in [0, 0.05) is 30.3 Å². The van der Waals surface area contributed by atoms with Gasteiger partial charge in [0.2, 0.25) is 0 Å². The summed E-state index contributed by atoms with van der Waals surface area (Å²) in [5.74, 6) is 0.434. The van der Waals surface area contributed by atoms with Crippen LogP contribution in [-0.2, 0) is 17.7 Å². The second-order valence-electron chi connectivity index (χ2n) is 6.21. The summed E-state index contributed by atoms with van der Waals surface area (Å²) in [5, 5.41) is 7.97. The molecule has 2 aromatic heterocycles. The third kappa shape index (κ3) is 3.67. The van der Waals surface area contributed by atoms with E-state index in [1.54, 1.807) is 6.20 Å². The molecule has 0 bridgehead atoms. The maximum Gasteiger partial charge on any atom is 0.260 e. The molecule has 1 amide bonds. The van der Waals surface area contributed by atoms with E-state index in [2.05, 4.69) is 22.3 Å². The van der Waals surface area contributed by atoms with Gasteiger partial charge < -0.3 is 4.74 Å². The molecule has 0 spiro atoms. The Hall–Kier alpha value is -1.73. The topological polar surface area (TPSA) is 69.0 Å². The summed E-state index contributed by atoms with van der Waals surface area (Å²) < 4.78 is 7.34. The zero-order valence-electron chi connectivity index (χ0n) is 14.5. The van der Waals surface area contributed by atoms with Crippen molar-refractivity contribution in [2.24, 2.45) is 5.92 Å². The van der Waals surface area contributed by atoms with Crippen molar-refractivity contribution in [2.75, 3.05) is 18.5 Å². The zero-order valence-corrected chi connectivity index (χ0v) is 15.3. The van der Waals surface area contributed by atoms with E-state index in [0.29, 0.717) is 16.6 Å². The van der Waals surface area contributed by atoms with E-state index in [4.69, 9.17) is 4.74 Å². The molecular formula is C17H24N4O2S. The van der Waals surface area contributed by atoms with Crippen molar-refractivity contribution in [3.05, 3.63) is 28.0 Å². The van der Waals surface area contributed by atoms with Gasteiger partial charge >= 0.3 is 0 Å². The van der Waals surface area contributed by atoms with E-state index in [-0.39, 0.29) is 5.91 Å². The Morgan fingerprint density at radius 2 is 2.17 bits per heavy atom. The molecule has 0 saturated carbocycles. The number of anilines is 1. The third-order valence-electron chi connectivity index (χ3n) is 4.57. The van der Waals surface area contributed by atoms with Crippen LogP contribution in [0, 0.1) is 19.8 Å². The van der Waals surface area contributed by atoms with Crippen LogP contribution in [0.3, 0.4) is 0 Å². The molecule has 0 aromatic carbocycles. The van der Waals surface area contributed by atoms with Gasteiger partial charge in [0.25, 0.3) is 5.91 Å². The van der Waals surface area contributed by atoms with Gasteiger partial charge in [0.15, 0.2) is 5.13 Å². The lowest BCUT2D eigenvalue weighted by atomic mass is 10.0. The monoisotopic (exact) mass is 348 g/mol. The molecule has 0 radical (unpaired) electrons. The van der Waals surface area contributed by atoms with Crippen molar-refractivity contribution in [1.82, 2.24) is 14.8 Å². The molecule has 7 heteroatoms. The normalized spacial score (nSPS) is 15.6. The SMILES string of the molecule is CCc1nc(NC(=O)c2cnn(CC3CCOCC3)c2C)sc1C. The quantitative estimate of drug-likeness (QED) is 0.901. The first-order valence-electron chi connectivity index (χ1n) is 8.46. The Labute approximate surface area is 146 Å². The highest BCUT2D eigenvalue weighted by Crippen LogP contribution is 2.24. The van der Waals surface area contributed by atoms with Crippen LogP contribution < -0.4 is 5.32 Å². The summed E-state index contributed by atoms with van der Waals surface area (Å²) in [6, 6.07) is 0. The van der Waals surface area contributed by atoms with Gasteiger partial charge in [-0.2, -0.15) is 5.10 Å². The van der Waals surface area contributed by atoms with E-state index in [1.165, 1.54) is 11.3 Å². The zero-order chi connectivity index (χ0) is 17.1. The van der Waals surface area contributed by atoms with Crippen LogP contribution in [0.1, 0.15) is 46.4 Å². The van der Waals surface area contributed by atoms with Gasteiger partial charge in [-0.15, -0.1) is 11.3 Å². The molecule has 1 aliphatic heterocycles. The molecule has 6 nitrogen and oxygen atoms in total. The third-order valence-corrected chi connectivity index (χ3v) is 5.50. The van der Waals surface area contributed by atoms with Crippen molar-refractivity contribution in [3.8, 4) is 0 Å². The van der Waals surface area contributed by atoms with E-state index in [9.17, 15) is 4.79 Å². The minimum atomic E-state index is -0.137. The number of nitrogens with zero attached hydrogens (tertiary/aromatic N) is 3. The lowest BCUT2D eigenvalue weighted by molar-refractivity contribution is 0.0599. The Kier molecular flexibility index (Phi) is 5.30. The fourth-order valence-electron chi connectivity index (χ4n) is 3.00. The molecule has 130 valence electrons. The number of carbonyl (C=O) groups is 1. The maximum atomic E-state index is 12.5. The average Bonchev–Trinajstić information content (AvgIpc) is 3.11. The number of nitrogens with one attached hydrogen (secondary N) is 1. The molecule has 0 atom stereocenters. The van der Waals surface area contributed by atoms with Crippen LogP contribution in [0.5, 0.6) is 0 Å². The maximum absolute atomic E-state index is 12.5. The summed E-state index contributed by atoms with van der Waals surface area (Å²) >= 11 is 1.52. The molecule has 3 rings (SSSR count). The molecule has 0 aliphatic carbocycles. The second kappa shape index (κ2) is 7.44. The average molecular weight is 348 g/mol. The van der Waals surface area contributed by atoms with Gasteiger partial charge in [-0.3, -0.25) is 14.8 Å². The fourth-order valence-corrected chi connectivity index (χ4v) is 3.90. The molecule has 1 N–H and O–H groups in total. The number of rotatable bonds is 5. The van der Waals surface area contributed by atoms with Crippen molar-refractivity contribution in [2.45, 2.75) is 46.6 Å². The van der Waals surface area contributed by atoms with E-state index in [1.807, 2.05) is 18.5 Å². The van der Waals surface area contributed by atoms with Crippen molar-refractivity contribution >= 4 is 22.4 Å². The fraction of sp³-hybridized carbons (Fsp3) is 0.588. The number of aromatic nitrogens is 3. The number of hydrogen-bond donors (Lipinski definition) is 1. The molecule has 1 fully saturated rings. The minimum Gasteiger partial charge on any atom is -0.381 e. The van der Waals surface area contributed by atoms with Gasteiger partial charge in [-0.1, -0.05) is 6.92 Å². The summed E-state index contributed by atoms with van der Waals surface area (Å²) in [6.07, 6.45) is 4.64. The second-order valence-corrected chi connectivity index (χ2v) is 7.41. The Bertz CT molecular complexity index is 716. The van der Waals surface area contributed by atoms with Gasteiger partial charge in [0.1, 0.15) is 0 Å². The highest BCUT2D eigenvalue weighted by Gasteiger charge is 2.20. The Morgan fingerprint density at radius 1 is 1.42 bits per heavy atom. The molecular weight excluding hydrogens is 324 g/mol. The van der Waals surface area contributed by atoms with Crippen LogP contribution in [0.25, 0.3) is 0 Å². The molecule has 24 heavy (non-hydrogen) atoms. The number of carbonyl (C=O) groups excluding carboxylic acids is 1. The van der Waals surface area contributed by atoms with Gasteiger partial charge in [-0.25, -0.2) is 4.98 Å². The van der Waals surface area contributed by atoms with Crippen LogP contribution in [0.2, 0.25) is 0 Å². The predicted octanol–water partition coefficient (Wildman–Crippen LogP) is 3.20. The lowest BCUT2D eigenvalue weighted by Gasteiger charge is -2.22. The molecule has 0 unspecified atom stereocenters. The summed E-state index contributed by atoms with van der Waals surface area (Å²) in [7, 11) is 0.